The van der Waals surface area contributed by atoms with E-state index in [1.165, 1.54) is 80.1 Å². The van der Waals surface area contributed by atoms with Crippen LogP contribution in [0.2, 0.25) is 0 Å². The first-order valence-corrected chi connectivity index (χ1v) is 53.5. The maximum atomic E-state index is 14.9. The van der Waals surface area contributed by atoms with Crippen molar-refractivity contribution in [3.8, 4) is 0 Å². The summed E-state index contributed by atoms with van der Waals surface area (Å²) < 4.78 is 132. The SMILES string of the molecule is CC[C@H]1O[C@@H](n2cnc3c(N)ncnc32)C[C@H]1OP(O)(=S)OC[C@H]1O[C@@H](n2cnc3c(=O)[nH]c(N)nc32)C[C@H]1OP(=O)(S)OC[C@H]1O[C@@H](n2cc(C)c(=O)[nH]c2=O)C[C@H]1OP(O)(=S)OC[C@H]1O[C@@H](n2cnc3c(N)ncnc32)C[C@H]1OP(O)(=S)OC[C@H]1O[C@@H](n2cc(C)c(=O)[nH]c2=O)C[C@H]1OP(O)(=S)OC[C@H]1O[C@@H](n2cc(C)c(=O)[nH]c2=O)C[C@H]1OP(O)(=S)OC. The number of aromatic nitrogens is 18. The first-order chi connectivity index (χ1) is 59.5. The lowest BCUT2D eigenvalue weighted by Gasteiger charge is -2.28. The molecule has 6 aliphatic heterocycles. The number of ether oxygens (including phenoxy) is 6. The minimum Gasteiger partial charge on any atom is -0.382 e. The van der Waals surface area contributed by atoms with Crippen molar-refractivity contribution < 1.29 is 112 Å². The molecule has 0 radical (unpaired) electrons. The Balaban J connectivity index is 0.641. The van der Waals surface area contributed by atoms with E-state index in [1.54, 1.807) is 4.57 Å². The summed E-state index contributed by atoms with van der Waals surface area (Å²) in [5.41, 5.74) is 13.8. The Morgan fingerprint density at radius 3 is 1.05 bits per heavy atom. The first kappa shape index (κ1) is 94.4. The molecule has 15 rings (SSSR count). The van der Waals surface area contributed by atoms with E-state index in [1.807, 2.05) is 6.92 Å². The summed E-state index contributed by atoms with van der Waals surface area (Å²) in [6.45, 7) is -24.3. The quantitative estimate of drug-likeness (QED) is 0.0197. The third-order valence-corrected chi connectivity index (χ3v) is 30.6. The lowest BCUT2D eigenvalue weighted by molar-refractivity contribution is -0.0563. The molecule has 64 heteroatoms. The average molecular weight is 1990 g/mol. The molecule has 0 saturated carbocycles. The highest BCUT2D eigenvalue weighted by Gasteiger charge is 2.51. The van der Waals surface area contributed by atoms with Gasteiger partial charge in [-0.05, 0) is 86.2 Å². The lowest BCUT2D eigenvalue weighted by Crippen LogP contribution is -2.33. The molecule has 9 aromatic heterocycles. The van der Waals surface area contributed by atoms with Gasteiger partial charge in [0.2, 0.25) is 5.95 Å². The number of anilines is 3. The van der Waals surface area contributed by atoms with Gasteiger partial charge in [-0.25, -0.2) is 53.8 Å². The van der Waals surface area contributed by atoms with Crippen molar-refractivity contribution in [1.29, 1.82) is 0 Å². The highest BCUT2D eigenvalue weighted by Crippen LogP contribution is 2.60. The van der Waals surface area contributed by atoms with Crippen molar-refractivity contribution in [1.82, 2.24) is 87.2 Å². The van der Waals surface area contributed by atoms with Crippen LogP contribution >= 0.6 is 52.6 Å². The zero-order chi connectivity index (χ0) is 90.2. The lowest BCUT2D eigenvalue weighted by atomic mass is 10.1. The molecule has 0 aliphatic carbocycles. The number of thiol groups is 1. The van der Waals surface area contributed by atoms with Crippen molar-refractivity contribution in [2.24, 2.45) is 0 Å². The zero-order valence-electron chi connectivity index (χ0n) is 66.0. The number of rotatable bonds is 35. The van der Waals surface area contributed by atoms with Gasteiger partial charge >= 0.3 is 57.5 Å². The summed E-state index contributed by atoms with van der Waals surface area (Å²) in [6, 6.07) is 0. The molecule has 24 atom stereocenters. The van der Waals surface area contributed by atoms with Gasteiger partial charge in [-0.2, -0.15) is 4.98 Å². The predicted molar refractivity (Wildman–Crippen MR) is 457 cm³/mol. The zero-order valence-corrected chi connectivity index (χ0v) is 76.4. The van der Waals surface area contributed by atoms with Crippen molar-refractivity contribution in [2.75, 3.05) is 57.3 Å². The van der Waals surface area contributed by atoms with Crippen LogP contribution in [0, 0.1) is 20.8 Å². The number of fused-ring (bicyclic) bond motifs is 3. The number of nitrogen functional groups attached to an aromatic ring is 3. The summed E-state index contributed by atoms with van der Waals surface area (Å²) in [7, 11) is 1.10. The number of nitrogens with two attached hydrogens (primary N) is 3. The molecule has 9 aromatic rings. The van der Waals surface area contributed by atoms with E-state index >= 15 is 0 Å². The maximum Gasteiger partial charge on any atom is 0.386 e. The van der Waals surface area contributed by atoms with Crippen LogP contribution in [0.25, 0.3) is 33.5 Å². The molecule has 52 nitrogen and oxygen atoms in total. The van der Waals surface area contributed by atoms with Crippen molar-refractivity contribution in [3.05, 3.63) is 140 Å². The van der Waals surface area contributed by atoms with Crippen LogP contribution in [0.1, 0.15) is 106 Å². The number of nitrogens with zero attached hydrogens (tertiary/aromatic N) is 14. The molecule has 0 amide bonds. The third-order valence-electron chi connectivity index (χ3n) is 20.9. The van der Waals surface area contributed by atoms with Crippen LogP contribution in [0.15, 0.2) is 83.8 Å². The van der Waals surface area contributed by atoms with Crippen LogP contribution in [-0.2, 0) is 146 Å². The normalized spacial score (nSPS) is 29.4. The molecule has 686 valence electrons. The summed E-state index contributed by atoms with van der Waals surface area (Å²) in [5, 5.41) is 0. The molecule has 15 heterocycles. The highest BCUT2D eigenvalue weighted by molar-refractivity contribution is 8.44. The first-order valence-electron chi connectivity index (χ1n) is 37.8. The highest BCUT2D eigenvalue weighted by atomic mass is 32.7. The van der Waals surface area contributed by atoms with E-state index in [0.29, 0.717) is 17.6 Å². The average Bonchev–Trinajstić information content (AvgIpc) is 1.63. The maximum absolute atomic E-state index is 14.9. The molecule has 6 fully saturated rings. The molecule has 6 aliphatic rings. The van der Waals surface area contributed by atoms with Gasteiger partial charge in [0.15, 0.2) is 34.1 Å². The van der Waals surface area contributed by atoms with Crippen molar-refractivity contribution >= 4 is 163 Å². The fraction of sp³-hybridized carbons (Fsp3) is 0.565. The van der Waals surface area contributed by atoms with Gasteiger partial charge < -0.3 is 115 Å². The second kappa shape index (κ2) is 37.8. The molecule has 126 heavy (non-hydrogen) atoms. The molecule has 15 N–H and O–H groups in total. The summed E-state index contributed by atoms with van der Waals surface area (Å²) in [5.74, 6) is -0.129. The predicted octanol–water partition coefficient (Wildman–Crippen LogP) is 1.42. The number of imidazole rings is 3. The van der Waals surface area contributed by atoms with Gasteiger partial charge in [-0.3, -0.25) is 75.6 Å². The second-order valence-electron chi connectivity index (χ2n) is 29.3. The summed E-state index contributed by atoms with van der Waals surface area (Å²) >= 11 is 31.9. The number of aryl methyl sites for hydroxylation is 3. The molecule has 6 saturated heterocycles. The number of hydrogen-bond acceptors (Lipinski definition) is 42. The van der Waals surface area contributed by atoms with Gasteiger partial charge in [0.05, 0.1) is 88.6 Å². The molecular weight excluding hydrogens is 1910 g/mol. The monoisotopic (exact) mass is 1990 g/mol. The van der Waals surface area contributed by atoms with Crippen molar-refractivity contribution in [3.63, 3.8) is 0 Å². The molecule has 0 aromatic carbocycles. The Morgan fingerprint density at radius 1 is 0.413 bits per heavy atom. The Labute approximate surface area is 737 Å². The van der Waals surface area contributed by atoms with Crippen LogP contribution in [0.4, 0.5) is 17.6 Å². The molecule has 0 bridgehead atoms. The smallest absolute Gasteiger partial charge is 0.382 e. The number of nitrogens with one attached hydrogen (secondary N) is 4. The Morgan fingerprint density at radius 2 is 0.706 bits per heavy atom. The van der Waals surface area contributed by atoms with E-state index in [0.717, 1.165) is 20.8 Å². The van der Waals surface area contributed by atoms with Crippen LogP contribution in [0.3, 0.4) is 0 Å². The van der Waals surface area contributed by atoms with Crippen LogP contribution < -0.4 is 56.5 Å². The summed E-state index contributed by atoms with van der Waals surface area (Å²) in [6.07, 6.45) is -12.7. The Kier molecular flexibility index (Phi) is 28.3. The fourth-order valence-electron chi connectivity index (χ4n) is 14.8. The van der Waals surface area contributed by atoms with E-state index in [9.17, 15) is 62.6 Å². The second-order valence-corrected chi connectivity index (χ2v) is 46.2. The molecule has 0 spiro atoms. The third kappa shape index (κ3) is 21.4. The Bertz CT molecular complexity index is 6400. The molecule has 6 unspecified atom stereocenters. The Hall–Kier alpha value is -6.20. The summed E-state index contributed by atoms with van der Waals surface area (Å²) in [4.78, 5) is 192. The fourth-order valence-corrected chi connectivity index (χ4v) is 23.2. The van der Waals surface area contributed by atoms with E-state index in [2.05, 4.69) is 72.1 Å². The van der Waals surface area contributed by atoms with E-state index < -0.39 is 223 Å². The standard InChI is InChI=1S/C62H81N21O31P6S6/c1-6-29-30(7-44(103-29)81-23-70-47-50(63)66-21-68-52(47)81)110-116(92,122)98-20-40-35(12-46(108-40)83-25-72-49-54(83)73-59(65)74-58(49)87)114-120(96,126)101-18-38-33(10-43(106-38)80-15-28(4)57(86)77-62(80)90)112-118(94,124)102-19-39-34(11-45(107-39)82-24-71-48-51(64)67-22-69-53(48)82)113-119(95,125)100-17-37-32(9-42(105-37)79-14-27(3)56(85)76-61(79)89)111-117(93,123)99-16-36-31(109-115(91,121)97-5)8-41(104-36)78-13-26(2)55(84)75-60(78)88/h13-15,21-25,29-46H,6-12,16-20H2,1-5H3,(H,91,121)(H,92,122)(H,93,123)(H,94,124)(H,95,125)(H,96,126)(H2,63,66,68)(H2,64,67,69)(H,75,84,88)(H,76,85,89)(H,77,86,90)(H3,65,73,74,87)/t29-,30-,31-,32-,33-,34-,35-,36-,37-,38-,39-,40-,41-,42-,43-,44-,45-,46-,115?,116?,117?,118?,119?,120?/m1/s1. The van der Waals surface area contributed by atoms with Crippen molar-refractivity contribution in [2.45, 2.75) is 183 Å². The van der Waals surface area contributed by atoms with Crippen LogP contribution in [0.5, 0.6) is 0 Å². The van der Waals surface area contributed by atoms with Gasteiger partial charge in [-0.1, -0.05) is 19.2 Å². The number of aromatic amines is 4. The number of H-pyrrole nitrogens is 4. The van der Waals surface area contributed by atoms with Gasteiger partial charge in [-0.15, -0.1) is 0 Å². The topological polar surface area (TPSA) is 678 Å². The largest absolute Gasteiger partial charge is 0.386 e. The van der Waals surface area contributed by atoms with Gasteiger partial charge in [0.25, 0.3) is 22.2 Å². The van der Waals surface area contributed by atoms with Gasteiger partial charge in [0.1, 0.15) is 97.7 Å². The minimum absolute atomic E-state index is 0.00630. The minimum atomic E-state index is -4.76. The number of hydrogen-bond donors (Lipinski definition) is 13. The van der Waals surface area contributed by atoms with Gasteiger partial charge in [0, 0.05) is 80.9 Å². The van der Waals surface area contributed by atoms with E-state index in [4.69, 9.17) is 159 Å². The van der Waals surface area contributed by atoms with Crippen LogP contribution in [-0.4, -0.2) is 225 Å². The van der Waals surface area contributed by atoms with E-state index in [-0.39, 0.29) is 95.1 Å². The molecular formula is C62H81N21O31P6S6.